The fourth-order valence-corrected chi connectivity index (χ4v) is 3.04. The molecule has 0 radical (unpaired) electrons. The number of aryl methyl sites for hydroxylation is 1. The smallest absolute Gasteiger partial charge is 0.406 e. The molecule has 1 N–H and O–H groups in total. The molecule has 4 nitrogen and oxygen atoms in total. The van der Waals surface area contributed by atoms with E-state index in [1.807, 2.05) is 0 Å². The number of ether oxygens (including phenoxy) is 1. The highest BCUT2D eigenvalue weighted by Gasteiger charge is 2.37. The van der Waals surface area contributed by atoms with Gasteiger partial charge < -0.3 is 4.74 Å². The highest BCUT2D eigenvalue weighted by atomic mass is 32.2. The standard InChI is InChI=1S/C15H11F6NO3S/c1-9-2-5-11(6-3-9)26(23,24)22-13-7-4-10(25-15(19,20)21)8-12(13)14(16,17)18/h2-8,22H,1H3. The first-order chi connectivity index (χ1) is 11.8. The van der Waals surface area contributed by atoms with Crippen molar-refractivity contribution in [1.82, 2.24) is 0 Å². The highest BCUT2D eigenvalue weighted by Crippen LogP contribution is 2.39. The predicted octanol–water partition coefficient (Wildman–Crippen LogP) is 4.71. The number of hydrogen-bond acceptors (Lipinski definition) is 3. The van der Waals surface area contributed by atoms with Gasteiger partial charge in [-0.1, -0.05) is 17.7 Å². The number of hydrogen-bond donors (Lipinski definition) is 1. The number of rotatable bonds is 4. The summed E-state index contributed by atoms with van der Waals surface area (Å²) in [4.78, 5) is -0.299. The van der Waals surface area contributed by atoms with Crippen LogP contribution in [0.15, 0.2) is 47.4 Å². The van der Waals surface area contributed by atoms with Crippen LogP contribution in [0.25, 0.3) is 0 Å². The molecule has 2 aromatic carbocycles. The average Bonchev–Trinajstić information content (AvgIpc) is 2.46. The van der Waals surface area contributed by atoms with Crippen LogP contribution < -0.4 is 9.46 Å². The van der Waals surface area contributed by atoms with Crippen molar-refractivity contribution in [2.24, 2.45) is 0 Å². The lowest BCUT2D eigenvalue weighted by Crippen LogP contribution is -2.19. The molecule has 0 aliphatic rings. The van der Waals surface area contributed by atoms with E-state index in [9.17, 15) is 34.8 Å². The molecule has 26 heavy (non-hydrogen) atoms. The summed E-state index contributed by atoms with van der Waals surface area (Å²) in [6, 6.07) is 6.46. The molecule has 0 saturated carbocycles. The van der Waals surface area contributed by atoms with Crippen LogP contribution in [-0.2, 0) is 16.2 Å². The first-order valence-corrected chi connectivity index (χ1v) is 8.33. The van der Waals surface area contributed by atoms with Gasteiger partial charge in [-0.2, -0.15) is 13.2 Å². The Bertz CT molecular complexity index is 889. The zero-order valence-corrected chi connectivity index (χ0v) is 13.8. The van der Waals surface area contributed by atoms with Crippen LogP contribution in [0, 0.1) is 6.92 Å². The van der Waals surface area contributed by atoms with E-state index in [1.165, 1.54) is 24.3 Å². The fourth-order valence-electron chi connectivity index (χ4n) is 1.97. The quantitative estimate of drug-likeness (QED) is 0.758. The van der Waals surface area contributed by atoms with Crippen molar-refractivity contribution in [1.29, 1.82) is 0 Å². The molecule has 0 aromatic heterocycles. The maximum atomic E-state index is 13.1. The molecule has 0 bridgehead atoms. The monoisotopic (exact) mass is 399 g/mol. The average molecular weight is 399 g/mol. The summed E-state index contributed by atoms with van der Waals surface area (Å²) in [5.74, 6) is -1.12. The zero-order chi connectivity index (χ0) is 19.8. The summed E-state index contributed by atoms with van der Waals surface area (Å²) in [5, 5.41) is 0. The highest BCUT2D eigenvalue weighted by molar-refractivity contribution is 7.92. The van der Waals surface area contributed by atoms with Gasteiger partial charge in [0.1, 0.15) is 5.75 Å². The van der Waals surface area contributed by atoms with E-state index in [-0.39, 0.29) is 11.0 Å². The van der Waals surface area contributed by atoms with Gasteiger partial charge >= 0.3 is 12.5 Å². The van der Waals surface area contributed by atoms with Gasteiger partial charge in [0, 0.05) is 0 Å². The van der Waals surface area contributed by atoms with Crippen LogP contribution in [0.5, 0.6) is 5.75 Å². The van der Waals surface area contributed by atoms with Gasteiger partial charge in [-0.25, -0.2) is 8.42 Å². The summed E-state index contributed by atoms with van der Waals surface area (Å²) in [5.41, 5.74) is -1.81. The molecule has 11 heteroatoms. The summed E-state index contributed by atoms with van der Waals surface area (Å²) in [6.45, 7) is 1.69. The third kappa shape index (κ3) is 5.04. The number of alkyl halides is 6. The van der Waals surface area contributed by atoms with E-state index in [0.29, 0.717) is 12.1 Å². The van der Waals surface area contributed by atoms with Crippen LogP contribution in [0.3, 0.4) is 0 Å². The first kappa shape index (κ1) is 19.9. The number of sulfonamides is 1. The molecule has 2 aromatic rings. The lowest BCUT2D eigenvalue weighted by Gasteiger charge is -2.17. The Morgan fingerprint density at radius 1 is 0.923 bits per heavy atom. The molecule has 142 valence electrons. The van der Waals surface area contributed by atoms with Crippen molar-refractivity contribution in [2.45, 2.75) is 24.4 Å². The normalized spacial score (nSPS) is 12.7. The van der Waals surface area contributed by atoms with Crippen LogP contribution in [-0.4, -0.2) is 14.8 Å². The summed E-state index contributed by atoms with van der Waals surface area (Å²) in [6.07, 6.45) is -10.3. The maximum absolute atomic E-state index is 13.1. The Morgan fingerprint density at radius 2 is 1.50 bits per heavy atom. The molecule has 0 spiro atoms. The minimum atomic E-state index is -5.19. The van der Waals surface area contributed by atoms with E-state index in [0.717, 1.165) is 5.56 Å². The molecular weight excluding hydrogens is 388 g/mol. The molecule has 2 rings (SSSR count). The molecule has 0 fully saturated rings. The van der Waals surface area contributed by atoms with Gasteiger partial charge in [0.05, 0.1) is 16.1 Å². The Kier molecular flexibility index (Phi) is 5.13. The van der Waals surface area contributed by atoms with E-state index >= 15 is 0 Å². The van der Waals surface area contributed by atoms with Gasteiger partial charge in [-0.05, 0) is 37.3 Å². The Labute approximate surface area is 144 Å². The van der Waals surface area contributed by atoms with Crippen molar-refractivity contribution in [3.05, 3.63) is 53.6 Å². The van der Waals surface area contributed by atoms with E-state index < -0.39 is 39.6 Å². The van der Waals surface area contributed by atoms with E-state index in [2.05, 4.69) is 4.74 Å². The van der Waals surface area contributed by atoms with Crippen molar-refractivity contribution in [3.8, 4) is 5.75 Å². The third-order valence-electron chi connectivity index (χ3n) is 3.11. The molecule has 0 heterocycles. The minimum Gasteiger partial charge on any atom is -0.406 e. The van der Waals surface area contributed by atoms with Crippen LogP contribution in [0.2, 0.25) is 0 Å². The van der Waals surface area contributed by atoms with Crippen molar-refractivity contribution >= 4 is 15.7 Å². The van der Waals surface area contributed by atoms with Crippen molar-refractivity contribution < 1.29 is 39.5 Å². The SMILES string of the molecule is Cc1ccc(S(=O)(=O)Nc2ccc(OC(F)(F)F)cc2C(F)(F)F)cc1. The van der Waals surface area contributed by atoms with Gasteiger partial charge in [-0.15, -0.1) is 13.2 Å². The number of benzene rings is 2. The molecule has 0 amide bonds. The largest absolute Gasteiger partial charge is 0.573 e. The molecule has 0 aliphatic carbocycles. The minimum absolute atomic E-state index is 0.0699. The van der Waals surface area contributed by atoms with Crippen molar-refractivity contribution in [3.63, 3.8) is 0 Å². The van der Waals surface area contributed by atoms with Gasteiger partial charge in [0.25, 0.3) is 10.0 Å². The first-order valence-electron chi connectivity index (χ1n) is 6.84. The van der Waals surface area contributed by atoms with Crippen LogP contribution in [0.4, 0.5) is 32.0 Å². The molecule has 0 unspecified atom stereocenters. The molecule has 0 saturated heterocycles. The Morgan fingerprint density at radius 3 is 2.00 bits per heavy atom. The van der Waals surface area contributed by atoms with E-state index in [4.69, 9.17) is 0 Å². The zero-order valence-electron chi connectivity index (χ0n) is 12.9. The molecule has 0 aliphatic heterocycles. The predicted molar refractivity (Wildman–Crippen MR) is 80.1 cm³/mol. The van der Waals surface area contributed by atoms with Gasteiger partial charge in [-0.3, -0.25) is 4.72 Å². The lowest BCUT2D eigenvalue weighted by molar-refractivity contribution is -0.274. The van der Waals surface area contributed by atoms with Crippen molar-refractivity contribution in [2.75, 3.05) is 4.72 Å². The Balaban J connectivity index is 2.43. The van der Waals surface area contributed by atoms with Crippen LogP contribution >= 0.6 is 0 Å². The van der Waals surface area contributed by atoms with Gasteiger partial charge in [0.15, 0.2) is 0 Å². The maximum Gasteiger partial charge on any atom is 0.573 e. The fraction of sp³-hybridized carbons (Fsp3) is 0.200. The lowest BCUT2D eigenvalue weighted by atomic mass is 10.1. The van der Waals surface area contributed by atoms with E-state index in [1.54, 1.807) is 11.6 Å². The molecular formula is C15H11F6NO3S. The third-order valence-corrected chi connectivity index (χ3v) is 4.49. The topological polar surface area (TPSA) is 55.4 Å². The summed E-state index contributed by atoms with van der Waals surface area (Å²) >= 11 is 0. The Hall–Kier alpha value is -2.43. The second-order valence-corrected chi connectivity index (χ2v) is 6.85. The second-order valence-electron chi connectivity index (χ2n) is 5.17. The van der Waals surface area contributed by atoms with Crippen LogP contribution in [0.1, 0.15) is 11.1 Å². The van der Waals surface area contributed by atoms with Gasteiger partial charge in [0.2, 0.25) is 0 Å². The molecule has 0 atom stereocenters. The number of nitrogens with one attached hydrogen (secondary N) is 1. The number of halogens is 6. The second kappa shape index (κ2) is 6.71. The summed E-state index contributed by atoms with van der Waals surface area (Å²) in [7, 11) is -4.37. The summed E-state index contributed by atoms with van der Waals surface area (Å²) < 4.78 is 106. The number of anilines is 1.